The second-order valence-corrected chi connectivity index (χ2v) is 8.30. The van der Waals surface area contributed by atoms with Crippen molar-refractivity contribution < 1.29 is 14.6 Å². The number of carbonyl (C=O) groups excluding carboxylic acids is 1. The predicted molar refractivity (Wildman–Crippen MR) is 115 cm³/mol. The molecule has 1 atom stereocenters. The van der Waals surface area contributed by atoms with Crippen LogP contribution in [0.15, 0.2) is 64.9 Å². The zero-order chi connectivity index (χ0) is 20.7. The van der Waals surface area contributed by atoms with Crippen molar-refractivity contribution in [1.29, 1.82) is 0 Å². The molecule has 0 saturated heterocycles. The molecule has 29 heavy (non-hydrogen) atoms. The largest absolute Gasteiger partial charge is 0.545 e. The predicted octanol–water partition coefficient (Wildman–Crippen LogP) is 4.48. The molecule has 5 nitrogen and oxygen atoms in total. The minimum absolute atomic E-state index is 0.0959. The Morgan fingerprint density at radius 2 is 2.00 bits per heavy atom. The van der Waals surface area contributed by atoms with Gasteiger partial charge in [-0.1, -0.05) is 47.5 Å². The Balaban J connectivity index is 1.87. The molecule has 148 valence electrons. The van der Waals surface area contributed by atoms with E-state index in [0.717, 1.165) is 10.5 Å². The first-order chi connectivity index (χ1) is 13.9. The van der Waals surface area contributed by atoms with Crippen LogP contribution < -0.4 is 9.84 Å². The van der Waals surface area contributed by atoms with Crippen LogP contribution in [-0.2, 0) is 4.79 Å². The van der Waals surface area contributed by atoms with E-state index in [2.05, 4.69) is 4.99 Å². The first-order valence-electron chi connectivity index (χ1n) is 8.68. The summed E-state index contributed by atoms with van der Waals surface area (Å²) in [5, 5.41) is 13.7. The highest BCUT2D eigenvalue weighted by Gasteiger charge is 2.38. The molecule has 4 rings (SSSR count). The molecule has 0 aliphatic carbocycles. The van der Waals surface area contributed by atoms with Crippen molar-refractivity contribution >= 4 is 51.0 Å². The summed E-state index contributed by atoms with van der Waals surface area (Å²) in [5.41, 5.74) is 2.00. The maximum atomic E-state index is 12.0. The lowest BCUT2D eigenvalue weighted by molar-refractivity contribution is -0.300. The molecule has 0 amide bonds. The fraction of sp³-hybridized carbons (Fsp3) is 0.143. The van der Waals surface area contributed by atoms with E-state index in [9.17, 15) is 9.90 Å². The Morgan fingerprint density at radius 1 is 1.24 bits per heavy atom. The SMILES string of the molecule is COc1ccccc1C1C(C(=O)[O-])=C(C)N=C2SC(c3ccc(Cl)cc3Cl)=CN21. The van der Waals surface area contributed by atoms with Crippen LogP contribution in [-0.4, -0.2) is 23.1 Å². The standard InChI is InChI=1S/C21H16Cl2N2O3S/c1-11-18(20(26)27)19(14-5-3-4-6-16(14)28-2)25-10-17(29-21(25)24-11)13-8-7-12(22)9-15(13)23/h3-10,19H,1-2H3,(H,26,27)/p-1. The van der Waals surface area contributed by atoms with Crippen molar-refractivity contribution in [3.05, 3.63) is 81.1 Å². The fourth-order valence-corrected chi connectivity index (χ4v) is 5.10. The summed E-state index contributed by atoms with van der Waals surface area (Å²) in [6.45, 7) is 1.67. The van der Waals surface area contributed by atoms with E-state index in [1.807, 2.05) is 35.4 Å². The second-order valence-electron chi connectivity index (χ2n) is 6.45. The number of rotatable bonds is 4. The van der Waals surface area contributed by atoms with E-state index < -0.39 is 12.0 Å². The molecule has 0 N–H and O–H groups in total. The molecule has 8 heteroatoms. The van der Waals surface area contributed by atoms with Crippen LogP contribution in [0, 0.1) is 0 Å². The third kappa shape index (κ3) is 3.52. The van der Waals surface area contributed by atoms with Gasteiger partial charge in [-0.15, -0.1) is 0 Å². The Morgan fingerprint density at radius 3 is 2.69 bits per heavy atom. The van der Waals surface area contributed by atoms with Crippen molar-refractivity contribution in [2.45, 2.75) is 13.0 Å². The number of carboxylic acid groups (broad SMARTS) is 1. The number of fused-ring (bicyclic) bond motifs is 1. The molecule has 1 unspecified atom stereocenters. The number of carboxylic acids is 1. The molecular formula is C21H15Cl2N2O3S-. The third-order valence-corrected chi connectivity index (χ3v) is 6.31. The maximum absolute atomic E-state index is 12.0. The summed E-state index contributed by atoms with van der Waals surface area (Å²) >= 11 is 13.8. The Kier molecular flexibility index (Phi) is 5.34. The minimum Gasteiger partial charge on any atom is -0.545 e. The van der Waals surface area contributed by atoms with Gasteiger partial charge in [0.2, 0.25) is 0 Å². The van der Waals surface area contributed by atoms with Crippen LogP contribution in [0.2, 0.25) is 10.0 Å². The topological polar surface area (TPSA) is 65.0 Å². The molecule has 2 aromatic carbocycles. The van der Waals surface area contributed by atoms with E-state index in [1.165, 1.54) is 11.8 Å². The van der Waals surface area contributed by atoms with Gasteiger partial charge in [0.1, 0.15) is 5.75 Å². The zero-order valence-electron chi connectivity index (χ0n) is 15.5. The number of ether oxygens (including phenoxy) is 1. The number of thioether (sulfide) groups is 1. The molecule has 0 radical (unpaired) electrons. The molecule has 0 spiro atoms. The number of nitrogens with zero attached hydrogens (tertiary/aromatic N) is 2. The molecule has 2 aromatic rings. The smallest absolute Gasteiger partial charge is 0.173 e. The lowest BCUT2D eigenvalue weighted by Crippen LogP contribution is -2.38. The minimum atomic E-state index is -1.27. The van der Waals surface area contributed by atoms with Crippen LogP contribution in [0.1, 0.15) is 24.1 Å². The Bertz CT molecular complexity index is 1110. The summed E-state index contributed by atoms with van der Waals surface area (Å²) in [7, 11) is 1.55. The van der Waals surface area contributed by atoms with Crippen molar-refractivity contribution in [3.8, 4) is 5.75 Å². The highest BCUT2D eigenvalue weighted by molar-refractivity contribution is 8.22. The first kappa shape index (κ1) is 19.9. The van der Waals surface area contributed by atoms with Crippen molar-refractivity contribution in [2.75, 3.05) is 7.11 Å². The van der Waals surface area contributed by atoms with Crippen molar-refractivity contribution in [1.82, 2.24) is 4.90 Å². The lowest BCUT2D eigenvalue weighted by atomic mass is 9.94. The third-order valence-electron chi connectivity index (χ3n) is 4.73. The van der Waals surface area contributed by atoms with Gasteiger partial charge in [0.25, 0.3) is 0 Å². The molecule has 0 bridgehead atoms. The summed E-state index contributed by atoms with van der Waals surface area (Å²) in [5.74, 6) is -0.681. The average molecular weight is 446 g/mol. The van der Waals surface area contributed by atoms with Crippen LogP contribution >= 0.6 is 35.0 Å². The first-order valence-corrected chi connectivity index (χ1v) is 10.2. The number of hydrogen-bond acceptors (Lipinski definition) is 6. The van der Waals surface area contributed by atoms with Gasteiger partial charge in [-0.3, -0.25) is 0 Å². The number of benzene rings is 2. The summed E-state index contributed by atoms with van der Waals surface area (Å²) < 4.78 is 5.49. The van der Waals surface area contributed by atoms with Gasteiger partial charge in [0.15, 0.2) is 5.17 Å². The van der Waals surface area contributed by atoms with Gasteiger partial charge in [0, 0.05) is 38.5 Å². The van der Waals surface area contributed by atoms with Gasteiger partial charge in [-0.05, 0) is 36.9 Å². The van der Waals surface area contributed by atoms with E-state index in [4.69, 9.17) is 27.9 Å². The van der Waals surface area contributed by atoms with Crippen LogP contribution in [0.3, 0.4) is 0 Å². The van der Waals surface area contributed by atoms with E-state index in [-0.39, 0.29) is 5.57 Å². The molecule has 0 saturated carbocycles. The molecule has 2 aliphatic heterocycles. The van der Waals surface area contributed by atoms with Crippen LogP contribution in [0.5, 0.6) is 5.75 Å². The maximum Gasteiger partial charge on any atom is 0.173 e. The van der Waals surface area contributed by atoms with Gasteiger partial charge in [-0.2, -0.15) is 0 Å². The van der Waals surface area contributed by atoms with E-state index in [1.54, 1.807) is 32.2 Å². The number of methoxy groups -OCH3 is 1. The number of allylic oxidation sites excluding steroid dienone is 1. The van der Waals surface area contributed by atoms with Crippen molar-refractivity contribution in [2.24, 2.45) is 4.99 Å². The highest BCUT2D eigenvalue weighted by atomic mass is 35.5. The normalized spacial score (nSPS) is 18.3. The summed E-state index contributed by atoms with van der Waals surface area (Å²) in [6, 6.07) is 11.9. The van der Waals surface area contributed by atoms with Crippen LogP contribution in [0.4, 0.5) is 0 Å². The van der Waals surface area contributed by atoms with Gasteiger partial charge >= 0.3 is 0 Å². The Hall–Kier alpha value is -2.41. The average Bonchev–Trinajstić information content (AvgIpc) is 3.09. The number of amidine groups is 1. The number of halogens is 2. The quantitative estimate of drug-likeness (QED) is 0.693. The zero-order valence-corrected chi connectivity index (χ0v) is 17.8. The van der Waals surface area contributed by atoms with Gasteiger partial charge in [-0.25, -0.2) is 4.99 Å². The summed E-state index contributed by atoms with van der Waals surface area (Å²) in [4.78, 5) is 19.2. The second kappa shape index (κ2) is 7.78. The molecule has 2 heterocycles. The number of para-hydroxylation sites is 1. The Labute approximate surface area is 182 Å². The molecular weight excluding hydrogens is 431 g/mol. The number of aliphatic carboxylic acids is 1. The number of aliphatic imine (C=N–C) groups is 1. The monoisotopic (exact) mass is 445 g/mol. The molecule has 2 aliphatic rings. The molecule has 0 fully saturated rings. The van der Waals surface area contributed by atoms with Gasteiger partial charge in [0.05, 0.1) is 24.1 Å². The summed E-state index contributed by atoms with van der Waals surface area (Å²) in [6.07, 6.45) is 1.85. The highest BCUT2D eigenvalue weighted by Crippen LogP contribution is 2.48. The lowest BCUT2D eigenvalue weighted by Gasteiger charge is -2.35. The van der Waals surface area contributed by atoms with Crippen LogP contribution in [0.25, 0.3) is 4.91 Å². The van der Waals surface area contributed by atoms with Crippen molar-refractivity contribution in [3.63, 3.8) is 0 Å². The molecule has 0 aromatic heterocycles. The fourth-order valence-electron chi connectivity index (χ4n) is 3.44. The van der Waals surface area contributed by atoms with E-state index >= 15 is 0 Å². The van der Waals surface area contributed by atoms with E-state index in [0.29, 0.717) is 32.2 Å². The number of carbonyl (C=O) groups is 1. The van der Waals surface area contributed by atoms with Gasteiger partial charge < -0.3 is 19.5 Å². The number of hydrogen-bond donors (Lipinski definition) is 0.